The third-order valence-electron chi connectivity index (χ3n) is 3.26. The van der Waals surface area contributed by atoms with Gasteiger partial charge in [-0.15, -0.1) is 0 Å². The Morgan fingerprint density at radius 3 is 2.67 bits per heavy atom. The van der Waals surface area contributed by atoms with E-state index in [0.29, 0.717) is 17.3 Å². The molecule has 0 saturated heterocycles. The summed E-state index contributed by atoms with van der Waals surface area (Å²) in [5.41, 5.74) is 6.63. The van der Waals surface area contributed by atoms with Crippen LogP contribution >= 0.6 is 11.6 Å². The van der Waals surface area contributed by atoms with Crippen LogP contribution in [-0.4, -0.2) is 11.5 Å². The van der Waals surface area contributed by atoms with Gasteiger partial charge in [-0.2, -0.15) is 0 Å². The van der Waals surface area contributed by atoms with E-state index in [-0.39, 0.29) is 0 Å². The smallest absolute Gasteiger partial charge is 0.146 e. The predicted octanol–water partition coefficient (Wildman–Crippen LogP) is 4.18. The number of nitrogens with two attached hydrogens (primary N) is 1. The highest BCUT2D eigenvalue weighted by molar-refractivity contribution is 6.35. The number of hydrogen-bond donors (Lipinski definition) is 1. The van der Waals surface area contributed by atoms with Crippen molar-refractivity contribution in [2.45, 2.75) is 6.42 Å². The van der Waals surface area contributed by atoms with Crippen molar-refractivity contribution in [3.8, 4) is 11.5 Å². The monoisotopic (exact) mass is 298 g/mol. The number of pyridine rings is 1. The van der Waals surface area contributed by atoms with Gasteiger partial charge in [-0.25, -0.2) is 0 Å². The lowest BCUT2D eigenvalue weighted by atomic mass is 10.1. The summed E-state index contributed by atoms with van der Waals surface area (Å²) in [6.45, 7) is 0.592. The molecule has 0 spiro atoms. The Balaban J connectivity index is 1.98. The van der Waals surface area contributed by atoms with E-state index in [0.717, 1.165) is 28.5 Å². The predicted molar refractivity (Wildman–Crippen MR) is 86.0 cm³/mol. The zero-order chi connectivity index (χ0) is 14.7. The van der Waals surface area contributed by atoms with Crippen LogP contribution in [-0.2, 0) is 6.42 Å². The van der Waals surface area contributed by atoms with Gasteiger partial charge in [0.05, 0.1) is 6.20 Å². The van der Waals surface area contributed by atoms with Crippen LogP contribution in [0.1, 0.15) is 5.56 Å². The molecule has 0 amide bonds. The number of benzene rings is 2. The van der Waals surface area contributed by atoms with E-state index in [9.17, 15) is 0 Å². The zero-order valence-corrected chi connectivity index (χ0v) is 12.2. The average Bonchev–Trinajstić information content (AvgIpc) is 2.51. The Hall–Kier alpha value is -2.10. The summed E-state index contributed by atoms with van der Waals surface area (Å²) in [4.78, 5) is 4.19. The molecule has 0 atom stereocenters. The fourth-order valence-electron chi connectivity index (χ4n) is 2.27. The van der Waals surface area contributed by atoms with Gasteiger partial charge < -0.3 is 10.5 Å². The molecule has 0 radical (unpaired) electrons. The van der Waals surface area contributed by atoms with E-state index >= 15 is 0 Å². The van der Waals surface area contributed by atoms with Gasteiger partial charge in [-0.1, -0.05) is 35.9 Å². The minimum atomic E-state index is 0.592. The number of aromatic nitrogens is 1. The van der Waals surface area contributed by atoms with Gasteiger partial charge in [0, 0.05) is 22.0 Å². The maximum atomic E-state index is 6.22. The van der Waals surface area contributed by atoms with Gasteiger partial charge in [0.2, 0.25) is 0 Å². The summed E-state index contributed by atoms with van der Waals surface area (Å²) < 4.78 is 5.97. The van der Waals surface area contributed by atoms with Gasteiger partial charge >= 0.3 is 0 Å². The quantitative estimate of drug-likeness (QED) is 0.786. The summed E-state index contributed by atoms with van der Waals surface area (Å²) in [6, 6.07) is 13.6. The molecule has 0 fully saturated rings. The van der Waals surface area contributed by atoms with Gasteiger partial charge in [0.1, 0.15) is 11.5 Å². The number of hydrogen-bond acceptors (Lipinski definition) is 3. The first-order valence-electron chi connectivity index (χ1n) is 6.77. The number of nitrogens with zero attached hydrogens (tertiary/aromatic N) is 1. The molecule has 21 heavy (non-hydrogen) atoms. The zero-order valence-electron chi connectivity index (χ0n) is 11.4. The Morgan fingerprint density at radius 1 is 1.05 bits per heavy atom. The molecule has 3 rings (SSSR count). The second kappa shape index (κ2) is 6.12. The maximum Gasteiger partial charge on any atom is 0.146 e. The first kappa shape index (κ1) is 13.9. The van der Waals surface area contributed by atoms with Crippen LogP contribution < -0.4 is 10.5 Å². The normalized spacial score (nSPS) is 10.8. The lowest BCUT2D eigenvalue weighted by Gasteiger charge is -2.10. The van der Waals surface area contributed by atoms with Crippen LogP contribution in [0.15, 0.2) is 54.9 Å². The maximum absolute atomic E-state index is 6.22. The standard InChI is InChI=1S/C17H15ClN2O/c18-16-5-6-17(15-4-2-1-3-14(15)16)21-13-9-12(7-8-19)10-20-11-13/h1-6,9-11H,7-8,19H2. The van der Waals surface area contributed by atoms with Crippen LogP contribution in [0.4, 0.5) is 0 Å². The number of fused-ring (bicyclic) bond motifs is 1. The number of halogens is 1. The van der Waals surface area contributed by atoms with Crippen LogP contribution in [0.5, 0.6) is 11.5 Å². The third kappa shape index (κ3) is 2.99. The highest BCUT2D eigenvalue weighted by Crippen LogP contribution is 2.33. The molecule has 3 aromatic rings. The lowest BCUT2D eigenvalue weighted by Crippen LogP contribution is -2.03. The van der Waals surface area contributed by atoms with E-state index in [2.05, 4.69) is 4.98 Å². The molecule has 0 bridgehead atoms. The molecule has 2 aromatic carbocycles. The van der Waals surface area contributed by atoms with Crippen LogP contribution in [0.25, 0.3) is 10.8 Å². The summed E-state index contributed by atoms with van der Waals surface area (Å²) >= 11 is 6.22. The van der Waals surface area contributed by atoms with Crippen molar-refractivity contribution in [2.24, 2.45) is 5.73 Å². The molecule has 3 nitrogen and oxygen atoms in total. The lowest BCUT2D eigenvalue weighted by molar-refractivity contribution is 0.485. The summed E-state index contributed by atoms with van der Waals surface area (Å²) in [7, 11) is 0. The van der Waals surface area contributed by atoms with Gasteiger partial charge in [0.25, 0.3) is 0 Å². The Labute approximate surface area is 128 Å². The summed E-state index contributed by atoms with van der Waals surface area (Å²) in [5, 5.41) is 2.67. The topological polar surface area (TPSA) is 48.1 Å². The van der Waals surface area contributed by atoms with Crippen molar-refractivity contribution in [3.63, 3.8) is 0 Å². The molecule has 4 heteroatoms. The largest absolute Gasteiger partial charge is 0.455 e. The molecular formula is C17H15ClN2O. The highest BCUT2D eigenvalue weighted by Gasteiger charge is 2.07. The Morgan fingerprint density at radius 2 is 1.86 bits per heavy atom. The average molecular weight is 299 g/mol. The highest BCUT2D eigenvalue weighted by atomic mass is 35.5. The fourth-order valence-corrected chi connectivity index (χ4v) is 2.50. The van der Waals surface area contributed by atoms with Crippen molar-refractivity contribution in [3.05, 3.63) is 65.4 Å². The van der Waals surface area contributed by atoms with E-state index in [1.54, 1.807) is 12.4 Å². The van der Waals surface area contributed by atoms with Crippen LogP contribution in [0, 0.1) is 0 Å². The van der Waals surface area contributed by atoms with Crippen molar-refractivity contribution in [2.75, 3.05) is 6.54 Å². The minimum absolute atomic E-state index is 0.592. The van der Waals surface area contributed by atoms with Gasteiger partial charge in [0.15, 0.2) is 0 Å². The first-order chi connectivity index (χ1) is 10.3. The molecule has 106 valence electrons. The van der Waals surface area contributed by atoms with E-state index < -0.39 is 0 Å². The number of rotatable bonds is 4. The van der Waals surface area contributed by atoms with Crippen molar-refractivity contribution in [1.29, 1.82) is 0 Å². The molecule has 2 N–H and O–H groups in total. The van der Waals surface area contributed by atoms with E-state index in [1.807, 2.05) is 42.5 Å². The first-order valence-corrected chi connectivity index (χ1v) is 7.15. The van der Waals surface area contributed by atoms with Gasteiger partial charge in [-0.3, -0.25) is 4.98 Å². The Bertz CT molecular complexity index is 774. The van der Waals surface area contributed by atoms with Gasteiger partial charge in [-0.05, 0) is 36.7 Å². The molecule has 1 aromatic heterocycles. The van der Waals surface area contributed by atoms with E-state index in [4.69, 9.17) is 22.1 Å². The SMILES string of the molecule is NCCc1cncc(Oc2ccc(Cl)c3ccccc23)c1. The third-order valence-corrected chi connectivity index (χ3v) is 3.59. The van der Waals surface area contributed by atoms with E-state index in [1.165, 1.54) is 0 Å². The van der Waals surface area contributed by atoms with Crippen LogP contribution in [0.2, 0.25) is 5.02 Å². The molecule has 0 saturated carbocycles. The fraction of sp³-hybridized carbons (Fsp3) is 0.118. The molecule has 0 aliphatic carbocycles. The summed E-state index contributed by atoms with van der Waals surface area (Å²) in [5.74, 6) is 1.47. The summed E-state index contributed by atoms with van der Waals surface area (Å²) in [6.07, 6.45) is 4.29. The van der Waals surface area contributed by atoms with Crippen LogP contribution in [0.3, 0.4) is 0 Å². The Kier molecular flexibility index (Phi) is 4.04. The second-order valence-corrected chi connectivity index (χ2v) is 5.17. The van der Waals surface area contributed by atoms with Crippen molar-refractivity contribution < 1.29 is 4.74 Å². The number of ether oxygens (including phenoxy) is 1. The van der Waals surface area contributed by atoms with Crippen molar-refractivity contribution in [1.82, 2.24) is 4.98 Å². The molecular weight excluding hydrogens is 284 g/mol. The minimum Gasteiger partial charge on any atom is -0.455 e. The molecule has 1 heterocycles. The molecule has 0 aliphatic heterocycles. The molecule has 0 aliphatic rings. The van der Waals surface area contributed by atoms with Crippen molar-refractivity contribution >= 4 is 22.4 Å². The molecule has 0 unspecified atom stereocenters. The second-order valence-electron chi connectivity index (χ2n) is 4.76.